The maximum Gasteiger partial charge on any atom is 0.215 e. The van der Waals surface area contributed by atoms with E-state index in [1.807, 2.05) is 19.9 Å². The lowest BCUT2D eigenvalue weighted by atomic mass is 10.0. The van der Waals surface area contributed by atoms with Gasteiger partial charge in [0.15, 0.2) is 0 Å². The largest absolute Gasteiger partial charge is 0.481 e. The summed E-state index contributed by atoms with van der Waals surface area (Å²) in [5.41, 5.74) is 2.53. The lowest BCUT2D eigenvalue weighted by Crippen LogP contribution is -1.93. The van der Waals surface area contributed by atoms with Crippen molar-refractivity contribution in [3.63, 3.8) is 0 Å². The normalized spacial score (nSPS) is 12.4. The summed E-state index contributed by atoms with van der Waals surface area (Å²) in [7, 11) is 1.58. The molecule has 0 bridgehead atoms. The van der Waals surface area contributed by atoms with Gasteiger partial charge in [0.25, 0.3) is 0 Å². The van der Waals surface area contributed by atoms with Crippen LogP contribution in [0.4, 0.5) is 4.39 Å². The zero-order chi connectivity index (χ0) is 14.3. The van der Waals surface area contributed by atoms with Gasteiger partial charge in [-0.1, -0.05) is 25.7 Å². The Balaban J connectivity index is 3.14. The summed E-state index contributed by atoms with van der Waals surface area (Å²) in [6.07, 6.45) is 7.86. The van der Waals surface area contributed by atoms with E-state index in [9.17, 15) is 4.39 Å². The minimum Gasteiger partial charge on any atom is -0.481 e. The highest BCUT2D eigenvalue weighted by Gasteiger charge is 2.05. The number of methoxy groups -OCH3 is 1. The number of aryl methyl sites for hydroxylation is 1. The highest BCUT2D eigenvalue weighted by molar-refractivity contribution is 5.75. The summed E-state index contributed by atoms with van der Waals surface area (Å²) < 4.78 is 18.8. The third-order valence-electron chi connectivity index (χ3n) is 2.66. The summed E-state index contributed by atoms with van der Waals surface area (Å²) in [6.45, 7) is 7.52. The summed E-state index contributed by atoms with van der Waals surface area (Å²) in [4.78, 5) is 4.20. The molecule has 2 nitrogen and oxygen atoms in total. The van der Waals surface area contributed by atoms with E-state index in [2.05, 4.69) is 11.6 Å². The molecule has 0 spiro atoms. The summed E-state index contributed by atoms with van der Waals surface area (Å²) >= 11 is 0. The van der Waals surface area contributed by atoms with E-state index in [1.165, 1.54) is 6.08 Å². The molecule has 0 amide bonds. The monoisotopic (exact) mass is 261 g/mol. The SMILES string of the molecule is C=C/C=C(\C=C(\F)CCC)c1cnc(OC)c(C)c1. The third kappa shape index (κ3) is 4.36. The molecule has 0 fully saturated rings. The van der Waals surface area contributed by atoms with E-state index in [4.69, 9.17) is 4.74 Å². The minimum atomic E-state index is -0.135. The Kier molecular flexibility index (Phi) is 6.00. The number of allylic oxidation sites excluding steroid dienone is 5. The highest BCUT2D eigenvalue weighted by Crippen LogP contribution is 2.23. The maximum absolute atomic E-state index is 13.6. The van der Waals surface area contributed by atoms with Crippen LogP contribution in [0.3, 0.4) is 0 Å². The molecule has 1 aromatic rings. The first kappa shape index (κ1) is 15.2. The molecule has 102 valence electrons. The fraction of sp³-hybridized carbons (Fsp3) is 0.312. The van der Waals surface area contributed by atoms with Gasteiger partial charge in [-0.25, -0.2) is 9.37 Å². The Labute approximate surface area is 114 Å². The van der Waals surface area contributed by atoms with Crippen molar-refractivity contribution in [2.24, 2.45) is 0 Å². The molecule has 0 aromatic carbocycles. The van der Waals surface area contributed by atoms with Crippen LogP contribution < -0.4 is 4.74 Å². The Morgan fingerprint density at radius 3 is 2.79 bits per heavy atom. The molecule has 1 rings (SSSR count). The van der Waals surface area contributed by atoms with Gasteiger partial charge >= 0.3 is 0 Å². The van der Waals surface area contributed by atoms with Gasteiger partial charge in [-0.3, -0.25) is 0 Å². The van der Waals surface area contributed by atoms with Crippen LogP contribution in [-0.4, -0.2) is 12.1 Å². The smallest absolute Gasteiger partial charge is 0.215 e. The molecule has 0 atom stereocenters. The number of nitrogens with zero attached hydrogens (tertiary/aromatic N) is 1. The van der Waals surface area contributed by atoms with Gasteiger partial charge in [0.1, 0.15) is 5.83 Å². The summed E-state index contributed by atoms with van der Waals surface area (Å²) in [5.74, 6) is 0.448. The van der Waals surface area contributed by atoms with Crippen molar-refractivity contribution in [1.29, 1.82) is 0 Å². The van der Waals surface area contributed by atoms with E-state index >= 15 is 0 Å². The molecule has 0 saturated carbocycles. The molecule has 0 saturated heterocycles. The van der Waals surface area contributed by atoms with E-state index in [-0.39, 0.29) is 5.83 Å². The second kappa shape index (κ2) is 7.52. The highest BCUT2D eigenvalue weighted by atomic mass is 19.1. The molecule has 0 aliphatic rings. The van der Waals surface area contributed by atoms with E-state index < -0.39 is 0 Å². The van der Waals surface area contributed by atoms with Crippen molar-refractivity contribution < 1.29 is 9.13 Å². The average molecular weight is 261 g/mol. The summed E-state index contributed by atoms with van der Waals surface area (Å²) in [5, 5.41) is 0. The fourth-order valence-electron chi connectivity index (χ4n) is 1.77. The first-order chi connectivity index (χ1) is 9.12. The van der Waals surface area contributed by atoms with Crippen molar-refractivity contribution >= 4 is 5.57 Å². The van der Waals surface area contributed by atoms with Gasteiger partial charge in [0.2, 0.25) is 5.88 Å². The molecule has 0 radical (unpaired) electrons. The number of hydrogen-bond acceptors (Lipinski definition) is 2. The van der Waals surface area contributed by atoms with Gasteiger partial charge in [0, 0.05) is 17.3 Å². The first-order valence-electron chi connectivity index (χ1n) is 6.32. The van der Waals surface area contributed by atoms with Gasteiger partial charge in [0.05, 0.1) is 7.11 Å². The predicted molar refractivity (Wildman–Crippen MR) is 77.8 cm³/mol. The number of pyridine rings is 1. The lowest BCUT2D eigenvalue weighted by Gasteiger charge is -2.07. The predicted octanol–water partition coefficient (Wildman–Crippen LogP) is 4.62. The van der Waals surface area contributed by atoms with Crippen molar-refractivity contribution in [2.45, 2.75) is 26.7 Å². The summed E-state index contributed by atoms with van der Waals surface area (Å²) in [6, 6.07) is 1.93. The molecular weight excluding hydrogens is 241 g/mol. The molecule has 0 aliphatic carbocycles. The van der Waals surface area contributed by atoms with Crippen molar-refractivity contribution in [2.75, 3.05) is 7.11 Å². The quantitative estimate of drug-likeness (QED) is 0.697. The Bertz CT molecular complexity index is 503. The second-order valence-corrected chi connectivity index (χ2v) is 4.25. The van der Waals surface area contributed by atoms with Crippen LogP contribution in [0.1, 0.15) is 30.9 Å². The third-order valence-corrected chi connectivity index (χ3v) is 2.66. The van der Waals surface area contributed by atoms with Crippen LogP contribution >= 0.6 is 0 Å². The zero-order valence-corrected chi connectivity index (χ0v) is 11.7. The average Bonchev–Trinajstić information content (AvgIpc) is 2.38. The number of aromatic nitrogens is 1. The van der Waals surface area contributed by atoms with Crippen LogP contribution in [0.15, 0.2) is 42.9 Å². The molecule has 3 heteroatoms. The van der Waals surface area contributed by atoms with Crippen LogP contribution in [0.2, 0.25) is 0 Å². The van der Waals surface area contributed by atoms with Crippen LogP contribution in [-0.2, 0) is 0 Å². The second-order valence-electron chi connectivity index (χ2n) is 4.25. The lowest BCUT2D eigenvalue weighted by molar-refractivity contribution is 0.394. The number of rotatable bonds is 6. The van der Waals surface area contributed by atoms with Gasteiger partial charge in [-0.2, -0.15) is 0 Å². The molecule has 1 aromatic heterocycles. The molecule has 0 aliphatic heterocycles. The van der Waals surface area contributed by atoms with Gasteiger partial charge < -0.3 is 4.74 Å². The molecule has 19 heavy (non-hydrogen) atoms. The standard InChI is InChI=1S/C16H20FNO/c1-5-7-13(10-15(17)8-6-2)14-9-12(3)16(19-4)18-11-14/h5,7,9-11H,1,6,8H2,2-4H3/b13-7+,15-10+. The minimum absolute atomic E-state index is 0.135. The van der Waals surface area contributed by atoms with E-state index in [0.29, 0.717) is 12.3 Å². The molecular formula is C16H20FNO. The van der Waals surface area contributed by atoms with Crippen LogP contribution in [0.5, 0.6) is 5.88 Å². The Hall–Kier alpha value is -1.90. The first-order valence-corrected chi connectivity index (χ1v) is 6.32. The Morgan fingerprint density at radius 2 is 2.26 bits per heavy atom. The van der Waals surface area contributed by atoms with Gasteiger partial charge in [-0.05, 0) is 37.5 Å². The Morgan fingerprint density at radius 1 is 1.53 bits per heavy atom. The fourth-order valence-corrected chi connectivity index (χ4v) is 1.77. The molecule has 0 N–H and O–H groups in total. The number of ether oxygens (including phenoxy) is 1. The maximum atomic E-state index is 13.6. The number of halogens is 1. The topological polar surface area (TPSA) is 22.1 Å². The molecule has 1 heterocycles. The van der Waals surface area contributed by atoms with E-state index in [1.54, 1.807) is 25.5 Å². The van der Waals surface area contributed by atoms with Crippen molar-refractivity contribution in [1.82, 2.24) is 4.98 Å². The molecule has 0 unspecified atom stereocenters. The van der Waals surface area contributed by atoms with Crippen LogP contribution in [0.25, 0.3) is 5.57 Å². The zero-order valence-electron chi connectivity index (χ0n) is 11.7. The van der Waals surface area contributed by atoms with Crippen molar-refractivity contribution in [3.8, 4) is 5.88 Å². The number of hydrogen-bond donors (Lipinski definition) is 0. The van der Waals surface area contributed by atoms with Crippen molar-refractivity contribution in [3.05, 3.63) is 54.0 Å². The van der Waals surface area contributed by atoms with Crippen LogP contribution in [0, 0.1) is 6.92 Å². The van der Waals surface area contributed by atoms with E-state index in [0.717, 1.165) is 23.1 Å². The van der Waals surface area contributed by atoms with Gasteiger partial charge in [-0.15, -0.1) is 0 Å².